The third kappa shape index (κ3) is 5.09. The summed E-state index contributed by atoms with van der Waals surface area (Å²) in [5.74, 6) is -0.732. The van der Waals surface area contributed by atoms with Crippen LogP contribution in [0.3, 0.4) is 0 Å². The summed E-state index contributed by atoms with van der Waals surface area (Å²) in [7, 11) is 0. The van der Waals surface area contributed by atoms with Gasteiger partial charge >= 0.3 is 0 Å². The van der Waals surface area contributed by atoms with E-state index in [4.69, 9.17) is 5.73 Å². The maximum atomic E-state index is 13.3. The van der Waals surface area contributed by atoms with Gasteiger partial charge in [-0.1, -0.05) is 71.9 Å². The number of carbonyl (C=O) groups is 1. The Kier molecular flexibility index (Phi) is 6.05. The number of benzene rings is 4. The number of carbonyl (C=O) groups excluding carboxylic acids is 1. The summed E-state index contributed by atoms with van der Waals surface area (Å²) in [4.78, 5) is 12.8. The molecule has 0 bridgehead atoms. The summed E-state index contributed by atoms with van der Waals surface area (Å²) in [5.41, 5.74) is 12.0. The van der Waals surface area contributed by atoms with Gasteiger partial charge in [-0.2, -0.15) is 0 Å². The number of nitrogen functional groups attached to an aromatic ring is 1. The molecule has 0 atom stereocenters. The van der Waals surface area contributed by atoms with E-state index in [0.717, 1.165) is 27.8 Å². The molecule has 0 radical (unpaired) electrons. The summed E-state index contributed by atoms with van der Waals surface area (Å²) in [5, 5.41) is 10.9. The van der Waals surface area contributed by atoms with E-state index < -0.39 is 5.91 Å². The van der Waals surface area contributed by atoms with Crippen LogP contribution in [0.4, 0.5) is 15.8 Å². The first-order valence-corrected chi connectivity index (χ1v) is 11.1. The van der Waals surface area contributed by atoms with E-state index in [-0.39, 0.29) is 11.5 Å². The lowest BCUT2D eigenvalue weighted by Gasteiger charge is -2.10. The number of nitrogens with one attached hydrogen (secondary N) is 1. The SMILES string of the molecule is Nc1ccc(-c2ccc(F)cc2)cc1NC(=O)c1cn(Cc2cccc(-c3ccccc3)c2)nn1. The Morgan fingerprint density at radius 2 is 1.51 bits per heavy atom. The molecule has 5 aromatic rings. The molecule has 1 amide bonds. The van der Waals surface area contributed by atoms with Gasteiger partial charge in [-0.15, -0.1) is 5.10 Å². The Morgan fingerprint density at radius 3 is 2.31 bits per heavy atom. The van der Waals surface area contributed by atoms with Crippen LogP contribution in [0.5, 0.6) is 0 Å². The Labute approximate surface area is 201 Å². The topological polar surface area (TPSA) is 85.8 Å². The quantitative estimate of drug-likeness (QED) is 0.319. The molecule has 0 aliphatic carbocycles. The highest BCUT2D eigenvalue weighted by molar-refractivity contribution is 6.04. The predicted molar refractivity (Wildman–Crippen MR) is 135 cm³/mol. The minimum absolute atomic E-state index is 0.177. The molecule has 1 aromatic heterocycles. The van der Waals surface area contributed by atoms with E-state index in [1.165, 1.54) is 12.1 Å². The molecule has 0 saturated carbocycles. The van der Waals surface area contributed by atoms with Crippen LogP contribution >= 0.6 is 0 Å². The van der Waals surface area contributed by atoms with E-state index in [1.54, 1.807) is 35.1 Å². The fourth-order valence-corrected chi connectivity index (χ4v) is 3.82. The van der Waals surface area contributed by atoms with Gasteiger partial charge in [0.15, 0.2) is 5.69 Å². The van der Waals surface area contributed by atoms with Crippen molar-refractivity contribution >= 4 is 17.3 Å². The van der Waals surface area contributed by atoms with Crippen molar-refractivity contribution in [1.82, 2.24) is 15.0 Å². The van der Waals surface area contributed by atoms with E-state index in [1.807, 2.05) is 36.4 Å². The molecule has 0 fully saturated rings. The fourth-order valence-electron chi connectivity index (χ4n) is 3.82. The second-order valence-electron chi connectivity index (χ2n) is 8.13. The normalized spacial score (nSPS) is 10.8. The average molecular weight is 464 g/mol. The van der Waals surface area contributed by atoms with Gasteiger partial charge in [0, 0.05) is 0 Å². The summed E-state index contributed by atoms with van der Waals surface area (Å²) in [6.07, 6.45) is 1.60. The van der Waals surface area contributed by atoms with Gasteiger partial charge < -0.3 is 11.1 Å². The Hall–Kier alpha value is -4.78. The van der Waals surface area contributed by atoms with Gasteiger partial charge in [0.2, 0.25) is 0 Å². The summed E-state index contributed by atoms with van der Waals surface area (Å²) >= 11 is 0. The Bertz CT molecular complexity index is 1480. The van der Waals surface area contributed by atoms with Crippen molar-refractivity contribution in [3.8, 4) is 22.3 Å². The van der Waals surface area contributed by atoms with Crippen LogP contribution in [0.2, 0.25) is 0 Å². The van der Waals surface area contributed by atoms with Gasteiger partial charge in [0.25, 0.3) is 5.91 Å². The van der Waals surface area contributed by atoms with Crippen molar-refractivity contribution in [2.75, 3.05) is 11.1 Å². The third-order valence-corrected chi connectivity index (χ3v) is 5.63. The standard InChI is InChI=1S/C28H22FN5O/c29-24-12-9-21(10-13-24)23-11-14-25(30)26(16-23)31-28(35)27-18-34(33-32-27)17-19-5-4-8-22(15-19)20-6-2-1-3-7-20/h1-16,18H,17,30H2,(H,31,35). The van der Waals surface area contributed by atoms with E-state index in [2.05, 4.69) is 39.9 Å². The first-order valence-electron chi connectivity index (χ1n) is 11.1. The number of hydrogen-bond acceptors (Lipinski definition) is 4. The monoisotopic (exact) mass is 463 g/mol. The number of rotatable bonds is 6. The maximum absolute atomic E-state index is 13.3. The van der Waals surface area contributed by atoms with Crippen LogP contribution in [0.15, 0.2) is 103 Å². The molecule has 4 aromatic carbocycles. The summed E-state index contributed by atoms with van der Waals surface area (Å²) in [6.45, 7) is 0.475. The average Bonchev–Trinajstić information content (AvgIpc) is 3.35. The molecule has 35 heavy (non-hydrogen) atoms. The minimum Gasteiger partial charge on any atom is -0.397 e. The summed E-state index contributed by atoms with van der Waals surface area (Å²) < 4.78 is 14.9. The highest BCUT2D eigenvalue weighted by Crippen LogP contribution is 2.28. The van der Waals surface area contributed by atoms with Crippen molar-refractivity contribution < 1.29 is 9.18 Å². The van der Waals surface area contributed by atoms with Gasteiger partial charge in [-0.05, 0) is 58.1 Å². The van der Waals surface area contributed by atoms with Gasteiger partial charge in [0.1, 0.15) is 5.82 Å². The van der Waals surface area contributed by atoms with Crippen LogP contribution in [0.1, 0.15) is 16.1 Å². The minimum atomic E-state index is -0.419. The summed E-state index contributed by atoms with van der Waals surface area (Å²) in [6, 6.07) is 29.7. The van der Waals surface area contributed by atoms with Crippen LogP contribution in [0, 0.1) is 5.82 Å². The van der Waals surface area contributed by atoms with Gasteiger partial charge in [-0.25, -0.2) is 9.07 Å². The van der Waals surface area contributed by atoms with Crippen LogP contribution < -0.4 is 11.1 Å². The number of amides is 1. The van der Waals surface area contributed by atoms with Crippen LogP contribution in [-0.2, 0) is 6.54 Å². The highest BCUT2D eigenvalue weighted by Gasteiger charge is 2.14. The lowest BCUT2D eigenvalue weighted by Crippen LogP contribution is -2.13. The molecular weight excluding hydrogens is 441 g/mol. The first-order chi connectivity index (χ1) is 17.0. The molecule has 3 N–H and O–H groups in total. The second-order valence-corrected chi connectivity index (χ2v) is 8.13. The number of aromatic nitrogens is 3. The smallest absolute Gasteiger partial charge is 0.277 e. The van der Waals surface area contributed by atoms with Crippen LogP contribution in [0.25, 0.3) is 22.3 Å². The lowest BCUT2D eigenvalue weighted by molar-refractivity contribution is 0.102. The second kappa shape index (κ2) is 9.61. The number of anilines is 2. The first kappa shape index (κ1) is 22.0. The predicted octanol–water partition coefficient (Wildman–Crippen LogP) is 5.63. The zero-order chi connectivity index (χ0) is 24.2. The molecule has 0 spiro atoms. The largest absolute Gasteiger partial charge is 0.397 e. The fraction of sp³-hybridized carbons (Fsp3) is 0.0357. The van der Waals surface area contributed by atoms with Crippen LogP contribution in [-0.4, -0.2) is 20.9 Å². The molecule has 5 rings (SSSR count). The molecule has 1 heterocycles. The molecule has 6 nitrogen and oxygen atoms in total. The molecule has 172 valence electrons. The Balaban J connectivity index is 1.30. The lowest BCUT2D eigenvalue weighted by atomic mass is 10.0. The molecule has 0 saturated heterocycles. The van der Waals surface area contributed by atoms with Crippen molar-refractivity contribution in [2.45, 2.75) is 6.54 Å². The highest BCUT2D eigenvalue weighted by atomic mass is 19.1. The Morgan fingerprint density at radius 1 is 0.829 bits per heavy atom. The number of hydrogen-bond donors (Lipinski definition) is 2. The number of nitrogens with zero attached hydrogens (tertiary/aromatic N) is 3. The molecule has 0 aliphatic heterocycles. The zero-order valence-electron chi connectivity index (χ0n) is 18.7. The molecule has 0 unspecified atom stereocenters. The molecular formula is C28H22FN5O. The zero-order valence-corrected chi connectivity index (χ0v) is 18.7. The van der Waals surface area contributed by atoms with Gasteiger partial charge in [0.05, 0.1) is 24.1 Å². The number of halogens is 1. The van der Waals surface area contributed by atoms with E-state index >= 15 is 0 Å². The van der Waals surface area contributed by atoms with E-state index in [9.17, 15) is 9.18 Å². The third-order valence-electron chi connectivity index (χ3n) is 5.63. The number of nitrogens with two attached hydrogens (primary N) is 1. The van der Waals surface area contributed by atoms with Crippen molar-refractivity contribution in [3.63, 3.8) is 0 Å². The van der Waals surface area contributed by atoms with Crippen molar-refractivity contribution in [1.29, 1.82) is 0 Å². The van der Waals surface area contributed by atoms with Gasteiger partial charge in [-0.3, -0.25) is 4.79 Å². The van der Waals surface area contributed by atoms with E-state index in [0.29, 0.717) is 17.9 Å². The van der Waals surface area contributed by atoms with Crippen molar-refractivity contribution in [3.05, 3.63) is 120 Å². The molecule has 7 heteroatoms. The molecule has 0 aliphatic rings. The maximum Gasteiger partial charge on any atom is 0.277 e. The van der Waals surface area contributed by atoms with Crippen molar-refractivity contribution in [2.24, 2.45) is 0 Å².